The minimum Gasteiger partial charge on any atom is -0.465 e. The molecule has 3 atom stereocenters. The second-order valence-electron chi connectivity index (χ2n) is 5.13. The van der Waals surface area contributed by atoms with E-state index in [0.29, 0.717) is 12.5 Å². The molecule has 0 aromatic rings. The molecule has 0 spiro atoms. The van der Waals surface area contributed by atoms with E-state index >= 15 is 0 Å². The van der Waals surface area contributed by atoms with E-state index in [2.05, 4.69) is 24.5 Å². The standard InChI is InChI=1S/C13H24N2O3/c1-4-18-12(16)8-14-13(17)15-11-6-5-9(2)7-10(11)3/h9-11H,4-8H2,1-3H3,(H2,14,15,17). The first kappa shape index (κ1) is 14.8. The third-order valence-electron chi connectivity index (χ3n) is 3.45. The molecule has 2 amide bonds. The summed E-state index contributed by atoms with van der Waals surface area (Å²) >= 11 is 0. The van der Waals surface area contributed by atoms with Crippen LogP contribution in [-0.2, 0) is 9.53 Å². The maximum absolute atomic E-state index is 11.6. The average molecular weight is 256 g/mol. The molecule has 0 saturated heterocycles. The normalized spacial score (nSPS) is 27.4. The van der Waals surface area contributed by atoms with Crippen LogP contribution in [0.25, 0.3) is 0 Å². The van der Waals surface area contributed by atoms with Gasteiger partial charge in [0.15, 0.2) is 0 Å². The summed E-state index contributed by atoms with van der Waals surface area (Å²) in [5.41, 5.74) is 0. The Hall–Kier alpha value is -1.26. The van der Waals surface area contributed by atoms with E-state index in [1.165, 1.54) is 0 Å². The highest BCUT2D eigenvalue weighted by molar-refractivity contribution is 5.80. The Morgan fingerprint density at radius 2 is 2.00 bits per heavy atom. The third kappa shape index (κ3) is 4.94. The lowest BCUT2D eigenvalue weighted by molar-refractivity contribution is -0.141. The number of ether oxygens (including phenoxy) is 1. The Bertz CT molecular complexity index is 294. The van der Waals surface area contributed by atoms with Gasteiger partial charge in [-0.3, -0.25) is 4.79 Å². The van der Waals surface area contributed by atoms with Crippen LogP contribution < -0.4 is 10.6 Å². The molecule has 3 unspecified atom stereocenters. The largest absolute Gasteiger partial charge is 0.465 e. The molecule has 1 aliphatic rings. The predicted molar refractivity (Wildman–Crippen MR) is 69.1 cm³/mol. The van der Waals surface area contributed by atoms with Gasteiger partial charge in [0.2, 0.25) is 0 Å². The molecule has 0 aromatic heterocycles. The molecule has 1 saturated carbocycles. The summed E-state index contributed by atoms with van der Waals surface area (Å²) in [7, 11) is 0. The molecule has 0 heterocycles. The number of esters is 1. The van der Waals surface area contributed by atoms with Gasteiger partial charge in [0.25, 0.3) is 0 Å². The van der Waals surface area contributed by atoms with Gasteiger partial charge < -0.3 is 15.4 Å². The number of nitrogens with one attached hydrogen (secondary N) is 2. The van der Waals surface area contributed by atoms with Gasteiger partial charge in [-0.25, -0.2) is 4.79 Å². The zero-order valence-electron chi connectivity index (χ0n) is 11.5. The number of rotatable bonds is 4. The average Bonchev–Trinajstić information content (AvgIpc) is 2.31. The number of hydrogen-bond acceptors (Lipinski definition) is 3. The quantitative estimate of drug-likeness (QED) is 0.752. The van der Waals surface area contributed by atoms with Crippen molar-refractivity contribution in [3.8, 4) is 0 Å². The van der Waals surface area contributed by atoms with Crippen LogP contribution in [0.2, 0.25) is 0 Å². The van der Waals surface area contributed by atoms with Crippen LogP contribution in [-0.4, -0.2) is 31.2 Å². The molecule has 2 N–H and O–H groups in total. The molecule has 0 aromatic carbocycles. The molecule has 0 bridgehead atoms. The molecule has 5 heteroatoms. The van der Waals surface area contributed by atoms with Crippen LogP contribution >= 0.6 is 0 Å². The monoisotopic (exact) mass is 256 g/mol. The molecular weight excluding hydrogens is 232 g/mol. The number of carbonyl (C=O) groups excluding carboxylic acids is 2. The molecule has 104 valence electrons. The fourth-order valence-electron chi connectivity index (χ4n) is 2.46. The fourth-order valence-corrected chi connectivity index (χ4v) is 2.46. The van der Waals surface area contributed by atoms with Gasteiger partial charge >= 0.3 is 12.0 Å². The van der Waals surface area contributed by atoms with Gasteiger partial charge in [0.1, 0.15) is 6.54 Å². The summed E-state index contributed by atoms with van der Waals surface area (Å²) in [4.78, 5) is 22.7. The Kier molecular flexibility index (Phi) is 5.95. The molecule has 1 aliphatic carbocycles. The lowest BCUT2D eigenvalue weighted by atomic mass is 9.80. The zero-order chi connectivity index (χ0) is 13.5. The minimum absolute atomic E-state index is 0.0722. The first-order chi connectivity index (χ1) is 8.52. The molecule has 1 fully saturated rings. The topological polar surface area (TPSA) is 67.4 Å². The number of carbonyl (C=O) groups is 2. The van der Waals surface area contributed by atoms with Crippen LogP contribution in [0.3, 0.4) is 0 Å². The second kappa shape index (κ2) is 7.24. The Balaban J connectivity index is 2.25. The van der Waals surface area contributed by atoms with Crippen molar-refractivity contribution in [3.05, 3.63) is 0 Å². The SMILES string of the molecule is CCOC(=O)CNC(=O)NC1CCC(C)CC1C. The van der Waals surface area contributed by atoms with E-state index in [0.717, 1.165) is 25.2 Å². The van der Waals surface area contributed by atoms with Gasteiger partial charge in [0, 0.05) is 6.04 Å². The van der Waals surface area contributed by atoms with E-state index in [1.54, 1.807) is 6.92 Å². The van der Waals surface area contributed by atoms with Gasteiger partial charge in [-0.05, 0) is 38.0 Å². The van der Waals surface area contributed by atoms with E-state index in [1.807, 2.05) is 0 Å². The smallest absolute Gasteiger partial charge is 0.325 e. The Morgan fingerprint density at radius 1 is 1.28 bits per heavy atom. The fraction of sp³-hybridized carbons (Fsp3) is 0.846. The van der Waals surface area contributed by atoms with Crippen LogP contribution in [0.1, 0.15) is 40.0 Å². The van der Waals surface area contributed by atoms with Crippen LogP contribution in [0.5, 0.6) is 0 Å². The second-order valence-corrected chi connectivity index (χ2v) is 5.13. The molecule has 0 radical (unpaired) electrons. The molecule has 18 heavy (non-hydrogen) atoms. The highest BCUT2D eigenvalue weighted by Gasteiger charge is 2.26. The molecular formula is C13H24N2O3. The number of amides is 2. The zero-order valence-corrected chi connectivity index (χ0v) is 11.5. The molecule has 1 rings (SSSR count). The summed E-state index contributed by atoms with van der Waals surface area (Å²) in [5.74, 6) is 0.820. The maximum atomic E-state index is 11.6. The van der Waals surface area contributed by atoms with Gasteiger partial charge in [-0.2, -0.15) is 0 Å². The summed E-state index contributed by atoms with van der Waals surface area (Å²) < 4.78 is 4.74. The van der Waals surface area contributed by atoms with Gasteiger partial charge in [-0.15, -0.1) is 0 Å². The Labute approximate surface area is 109 Å². The molecule has 5 nitrogen and oxygen atoms in total. The van der Waals surface area contributed by atoms with Crippen LogP contribution in [0, 0.1) is 11.8 Å². The maximum Gasteiger partial charge on any atom is 0.325 e. The van der Waals surface area contributed by atoms with Crippen molar-refractivity contribution in [3.63, 3.8) is 0 Å². The van der Waals surface area contributed by atoms with Crippen molar-refractivity contribution >= 4 is 12.0 Å². The lowest BCUT2D eigenvalue weighted by Gasteiger charge is -2.33. The summed E-state index contributed by atoms with van der Waals surface area (Å²) in [6, 6.07) is -0.0714. The number of hydrogen-bond donors (Lipinski definition) is 2. The van der Waals surface area contributed by atoms with E-state index < -0.39 is 5.97 Å². The van der Waals surface area contributed by atoms with Crippen molar-refractivity contribution in [2.45, 2.75) is 46.1 Å². The van der Waals surface area contributed by atoms with Crippen molar-refractivity contribution in [1.29, 1.82) is 0 Å². The van der Waals surface area contributed by atoms with Crippen LogP contribution in [0.4, 0.5) is 4.79 Å². The van der Waals surface area contributed by atoms with Gasteiger partial charge in [0.05, 0.1) is 6.61 Å². The van der Waals surface area contributed by atoms with Crippen molar-refractivity contribution in [1.82, 2.24) is 10.6 Å². The summed E-state index contributed by atoms with van der Waals surface area (Å²) in [6.07, 6.45) is 3.30. The highest BCUT2D eigenvalue weighted by atomic mass is 16.5. The minimum atomic E-state index is -0.405. The lowest BCUT2D eigenvalue weighted by Crippen LogP contribution is -2.48. The predicted octanol–water partition coefficient (Wildman–Crippen LogP) is 1.67. The van der Waals surface area contributed by atoms with E-state index in [9.17, 15) is 9.59 Å². The van der Waals surface area contributed by atoms with E-state index in [4.69, 9.17) is 4.74 Å². The summed E-state index contributed by atoms with van der Waals surface area (Å²) in [5, 5.41) is 5.45. The van der Waals surface area contributed by atoms with Crippen molar-refractivity contribution in [2.24, 2.45) is 11.8 Å². The summed E-state index contributed by atoms with van der Waals surface area (Å²) in [6.45, 7) is 6.40. The first-order valence-corrected chi connectivity index (χ1v) is 6.72. The highest BCUT2D eigenvalue weighted by Crippen LogP contribution is 2.28. The third-order valence-corrected chi connectivity index (χ3v) is 3.45. The number of urea groups is 1. The van der Waals surface area contributed by atoms with Crippen LogP contribution in [0.15, 0.2) is 0 Å². The van der Waals surface area contributed by atoms with Crippen molar-refractivity contribution in [2.75, 3.05) is 13.2 Å². The first-order valence-electron chi connectivity index (χ1n) is 6.72. The Morgan fingerprint density at radius 3 is 2.61 bits per heavy atom. The molecule has 0 aliphatic heterocycles. The van der Waals surface area contributed by atoms with E-state index in [-0.39, 0.29) is 18.6 Å². The van der Waals surface area contributed by atoms with Gasteiger partial charge in [-0.1, -0.05) is 13.8 Å². The van der Waals surface area contributed by atoms with Crippen molar-refractivity contribution < 1.29 is 14.3 Å².